The van der Waals surface area contributed by atoms with Crippen molar-refractivity contribution in [3.8, 4) is 17.0 Å². The normalized spacial score (nSPS) is 10.2. The highest BCUT2D eigenvalue weighted by atomic mass is 32.1. The minimum atomic E-state index is -0.953. The fourth-order valence-electron chi connectivity index (χ4n) is 1.79. The topological polar surface area (TPSA) is 88.5 Å². The van der Waals surface area contributed by atoms with Gasteiger partial charge in [-0.05, 0) is 19.1 Å². The number of carbonyl (C=O) groups is 2. The number of carbonyl (C=O) groups excluding carboxylic acids is 1. The molecule has 1 heterocycles. The van der Waals surface area contributed by atoms with E-state index < -0.39 is 5.97 Å². The highest BCUT2D eigenvalue weighted by Crippen LogP contribution is 2.30. The summed E-state index contributed by atoms with van der Waals surface area (Å²) in [6, 6.07) is 7.35. The van der Waals surface area contributed by atoms with E-state index >= 15 is 0 Å². The minimum absolute atomic E-state index is 0.0878. The van der Waals surface area contributed by atoms with Crippen LogP contribution in [-0.4, -0.2) is 35.1 Å². The maximum atomic E-state index is 11.6. The van der Waals surface area contributed by atoms with E-state index in [1.54, 1.807) is 17.4 Å². The predicted molar refractivity (Wildman–Crippen MR) is 83.0 cm³/mol. The zero-order chi connectivity index (χ0) is 15.9. The van der Waals surface area contributed by atoms with Crippen molar-refractivity contribution in [3.05, 3.63) is 34.7 Å². The predicted octanol–water partition coefficient (Wildman–Crippen LogP) is 2.09. The van der Waals surface area contributed by atoms with Gasteiger partial charge in [0.05, 0.1) is 17.1 Å². The van der Waals surface area contributed by atoms with E-state index in [9.17, 15) is 9.59 Å². The summed E-state index contributed by atoms with van der Waals surface area (Å²) in [5, 5.41) is 13.9. The molecule has 0 atom stereocenters. The lowest BCUT2D eigenvalue weighted by molar-refractivity contribution is -0.137. The zero-order valence-electron chi connectivity index (χ0n) is 12.0. The van der Waals surface area contributed by atoms with Gasteiger partial charge in [0.2, 0.25) is 0 Å². The van der Waals surface area contributed by atoms with Gasteiger partial charge in [0, 0.05) is 17.5 Å². The third-order valence-corrected chi connectivity index (χ3v) is 3.58. The molecule has 0 aliphatic carbocycles. The summed E-state index contributed by atoms with van der Waals surface area (Å²) in [6.45, 7) is 1.84. The van der Waals surface area contributed by atoms with E-state index in [0.717, 1.165) is 16.3 Å². The molecule has 2 N–H and O–H groups in total. The third-order valence-electron chi connectivity index (χ3n) is 2.80. The Morgan fingerprint density at radius 3 is 2.82 bits per heavy atom. The minimum Gasteiger partial charge on any atom is -0.483 e. The number of para-hydroxylation sites is 1. The van der Waals surface area contributed by atoms with E-state index in [-0.39, 0.29) is 25.5 Å². The summed E-state index contributed by atoms with van der Waals surface area (Å²) in [5.74, 6) is -0.739. The molecule has 1 aromatic carbocycles. The Morgan fingerprint density at radius 1 is 1.36 bits per heavy atom. The van der Waals surface area contributed by atoms with E-state index in [2.05, 4.69) is 10.3 Å². The fraction of sp³-hybridized carbons (Fsp3) is 0.267. The summed E-state index contributed by atoms with van der Waals surface area (Å²) in [5.41, 5.74) is 1.63. The number of amides is 1. The second kappa shape index (κ2) is 7.56. The standard InChI is InChI=1S/C15H16N2O4S/c1-10-17-12(9-22-10)11-4-2-3-5-13(11)21-8-14(18)16-7-6-15(19)20/h2-5,9H,6-8H2,1H3,(H,16,18)(H,19,20). The molecule has 0 saturated carbocycles. The molecule has 7 heteroatoms. The first-order chi connectivity index (χ1) is 10.6. The number of aryl methyl sites for hydroxylation is 1. The van der Waals surface area contributed by atoms with Gasteiger partial charge in [-0.15, -0.1) is 11.3 Å². The second-order valence-corrected chi connectivity index (χ2v) is 5.59. The molecule has 0 aliphatic rings. The van der Waals surface area contributed by atoms with Crippen LogP contribution in [0.5, 0.6) is 5.75 Å². The lowest BCUT2D eigenvalue weighted by Crippen LogP contribution is -2.30. The van der Waals surface area contributed by atoms with Crippen molar-refractivity contribution in [2.75, 3.05) is 13.2 Å². The number of thiazole rings is 1. The SMILES string of the molecule is Cc1nc(-c2ccccc2OCC(=O)NCCC(=O)O)cs1. The van der Waals surface area contributed by atoms with Gasteiger partial charge in [-0.2, -0.15) is 0 Å². The maximum absolute atomic E-state index is 11.6. The van der Waals surface area contributed by atoms with E-state index in [1.807, 2.05) is 30.5 Å². The van der Waals surface area contributed by atoms with Crippen LogP contribution in [0.1, 0.15) is 11.4 Å². The van der Waals surface area contributed by atoms with Gasteiger partial charge in [-0.3, -0.25) is 9.59 Å². The second-order valence-electron chi connectivity index (χ2n) is 4.53. The Kier molecular flexibility index (Phi) is 5.48. The monoisotopic (exact) mass is 320 g/mol. The van der Waals surface area contributed by atoms with E-state index in [1.165, 1.54) is 0 Å². The van der Waals surface area contributed by atoms with Crippen LogP contribution >= 0.6 is 11.3 Å². The molecule has 2 rings (SSSR count). The van der Waals surface area contributed by atoms with Crippen LogP contribution < -0.4 is 10.1 Å². The highest BCUT2D eigenvalue weighted by Gasteiger charge is 2.10. The highest BCUT2D eigenvalue weighted by molar-refractivity contribution is 7.09. The summed E-state index contributed by atoms with van der Waals surface area (Å²) < 4.78 is 5.53. The molecule has 0 spiro atoms. The Balaban J connectivity index is 1.96. The Hall–Kier alpha value is -2.41. The number of rotatable bonds is 7. The molecule has 0 unspecified atom stereocenters. The number of carboxylic acids is 1. The number of ether oxygens (including phenoxy) is 1. The first kappa shape index (κ1) is 16.0. The van der Waals surface area contributed by atoms with Crippen molar-refractivity contribution in [2.45, 2.75) is 13.3 Å². The van der Waals surface area contributed by atoms with Crippen LogP contribution in [0.2, 0.25) is 0 Å². The van der Waals surface area contributed by atoms with Gasteiger partial charge in [0.15, 0.2) is 6.61 Å². The van der Waals surface area contributed by atoms with Gasteiger partial charge < -0.3 is 15.2 Å². The molecule has 0 radical (unpaired) electrons. The van der Waals surface area contributed by atoms with Gasteiger partial charge in [0.25, 0.3) is 5.91 Å². The van der Waals surface area contributed by atoms with Gasteiger partial charge in [-0.1, -0.05) is 12.1 Å². The van der Waals surface area contributed by atoms with Crippen molar-refractivity contribution >= 4 is 23.2 Å². The quantitative estimate of drug-likeness (QED) is 0.815. The van der Waals surface area contributed by atoms with E-state index in [4.69, 9.17) is 9.84 Å². The molecule has 116 valence electrons. The first-order valence-electron chi connectivity index (χ1n) is 6.69. The smallest absolute Gasteiger partial charge is 0.305 e. The molecular formula is C15H16N2O4S. The summed E-state index contributed by atoms with van der Waals surface area (Å²) in [4.78, 5) is 26.4. The van der Waals surface area contributed by atoms with Gasteiger partial charge >= 0.3 is 5.97 Å². The number of nitrogens with one attached hydrogen (secondary N) is 1. The van der Waals surface area contributed by atoms with E-state index in [0.29, 0.717) is 5.75 Å². The Bertz CT molecular complexity index is 669. The number of carboxylic acid groups (broad SMARTS) is 1. The summed E-state index contributed by atoms with van der Waals surface area (Å²) in [6.07, 6.45) is -0.111. The lowest BCUT2D eigenvalue weighted by Gasteiger charge is -2.10. The van der Waals surface area contributed by atoms with Crippen LogP contribution in [0.3, 0.4) is 0 Å². The molecule has 22 heavy (non-hydrogen) atoms. The molecule has 0 aliphatic heterocycles. The molecule has 2 aromatic rings. The molecule has 1 aromatic heterocycles. The van der Waals surface area contributed by atoms with Crippen LogP contribution in [0.25, 0.3) is 11.3 Å². The molecule has 6 nitrogen and oxygen atoms in total. The number of hydrogen-bond acceptors (Lipinski definition) is 5. The Labute approximate surface area is 131 Å². The number of benzene rings is 1. The molecular weight excluding hydrogens is 304 g/mol. The van der Waals surface area contributed by atoms with Crippen molar-refractivity contribution in [3.63, 3.8) is 0 Å². The molecule has 0 saturated heterocycles. The average Bonchev–Trinajstić information content (AvgIpc) is 2.91. The van der Waals surface area contributed by atoms with Gasteiger partial charge in [-0.25, -0.2) is 4.98 Å². The first-order valence-corrected chi connectivity index (χ1v) is 7.57. The summed E-state index contributed by atoms with van der Waals surface area (Å²) in [7, 11) is 0. The van der Waals surface area contributed by atoms with Crippen LogP contribution in [0.15, 0.2) is 29.6 Å². The van der Waals surface area contributed by atoms with Gasteiger partial charge in [0.1, 0.15) is 5.75 Å². The molecule has 0 fully saturated rings. The lowest BCUT2D eigenvalue weighted by atomic mass is 10.1. The molecule has 1 amide bonds. The number of hydrogen-bond donors (Lipinski definition) is 2. The maximum Gasteiger partial charge on any atom is 0.305 e. The van der Waals surface area contributed by atoms with Crippen LogP contribution in [0.4, 0.5) is 0 Å². The number of aliphatic carboxylic acids is 1. The number of aromatic nitrogens is 1. The van der Waals surface area contributed by atoms with Crippen molar-refractivity contribution in [2.24, 2.45) is 0 Å². The zero-order valence-corrected chi connectivity index (χ0v) is 12.9. The van der Waals surface area contributed by atoms with Crippen LogP contribution in [-0.2, 0) is 9.59 Å². The third kappa shape index (κ3) is 4.56. The van der Waals surface area contributed by atoms with Crippen molar-refractivity contribution in [1.82, 2.24) is 10.3 Å². The summed E-state index contributed by atoms with van der Waals surface area (Å²) >= 11 is 1.54. The van der Waals surface area contributed by atoms with Crippen molar-refractivity contribution in [1.29, 1.82) is 0 Å². The molecule has 0 bridgehead atoms. The van der Waals surface area contributed by atoms with Crippen LogP contribution in [0, 0.1) is 6.92 Å². The average molecular weight is 320 g/mol. The largest absolute Gasteiger partial charge is 0.483 e. The fourth-order valence-corrected chi connectivity index (χ4v) is 2.41. The Morgan fingerprint density at radius 2 is 2.14 bits per heavy atom. The van der Waals surface area contributed by atoms with Crippen molar-refractivity contribution < 1.29 is 19.4 Å². The number of nitrogens with zero attached hydrogens (tertiary/aromatic N) is 1.